The normalized spacial score (nSPS) is 9.93. The molecule has 0 bridgehead atoms. The van der Waals surface area contributed by atoms with Crippen LogP contribution in [0.25, 0.3) is 0 Å². The first-order chi connectivity index (χ1) is 7.11. The molecule has 0 atom stereocenters. The first-order valence-electron chi connectivity index (χ1n) is 4.58. The van der Waals surface area contributed by atoms with E-state index < -0.39 is 5.97 Å². The van der Waals surface area contributed by atoms with Crippen molar-refractivity contribution in [3.05, 3.63) is 18.0 Å². The molecule has 1 aromatic heterocycles. The molecule has 2 N–H and O–H groups in total. The lowest BCUT2D eigenvalue weighted by Crippen LogP contribution is -2.28. The summed E-state index contributed by atoms with van der Waals surface area (Å²) in [5.74, 6) is -1.03. The first kappa shape index (κ1) is 11.2. The molecule has 0 saturated carbocycles. The molecule has 1 rings (SSSR count). The Hall–Kier alpha value is -1.85. The van der Waals surface area contributed by atoms with E-state index in [-0.39, 0.29) is 12.3 Å². The van der Waals surface area contributed by atoms with Crippen LogP contribution < -0.4 is 0 Å². The van der Waals surface area contributed by atoms with Gasteiger partial charge >= 0.3 is 5.97 Å². The van der Waals surface area contributed by atoms with Gasteiger partial charge in [-0.1, -0.05) is 0 Å². The third-order valence-corrected chi connectivity index (χ3v) is 1.96. The Bertz CT molecular complexity index is 334. The third-order valence-electron chi connectivity index (χ3n) is 1.96. The van der Waals surface area contributed by atoms with Crippen molar-refractivity contribution < 1.29 is 14.7 Å². The van der Waals surface area contributed by atoms with Gasteiger partial charge in [0.1, 0.15) is 5.69 Å². The van der Waals surface area contributed by atoms with Crippen LogP contribution in [0.15, 0.2) is 12.3 Å². The van der Waals surface area contributed by atoms with Crippen molar-refractivity contribution in [1.29, 1.82) is 0 Å². The van der Waals surface area contributed by atoms with E-state index in [0.29, 0.717) is 18.7 Å². The number of aromatic amines is 1. The van der Waals surface area contributed by atoms with Crippen molar-refractivity contribution in [1.82, 2.24) is 15.1 Å². The van der Waals surface area contributed by atoms with E-state index in [4.69, 9.17) is 5.11 Å². The number of hydrogen-bond acceptors (Lipinski definition) is 3. The zero-order chi connectivity index (χ0) is 11.3. The van der Waals surface area contributed by atoms with Gasteiger partial charge in [0.05, 0.1) is 0 Å². The summed E-state index contributed by atoms with van der Waals surface area (Å²) in [4.78, 5) is 23.3. The van der Waals surface area contributed by atoms with Gasteiger partial charge in [0.2, 0.25) is 0 Å². The van der Waals surface area contributed by atoms with Crippen molar-refractivity contribution >= 4 is 11.9 Å². The van der Waals surface area contributed by atoms with E-state index in [2.05, 4.69) is 10.2 Å². The Morgan fingerprint density at radius 3 is 2.87 bits per heavy atom. The Balaban J connectivity index is 2.37. The number of rotatable bonds is 5. The molecule has 1 aromatic rings. The van der Waals surface area contributed by atoms with E-state index in [1.165, 1.54) is 11.1 Å². The highest BCUT2D eigenvalue weighted by atomic mass is 16.4. The Morgan fingerprint density at radius 1 is 1.60 bits per heavy atom. The molecule has 0 aliphatic rings. The Morgan fingerprint density at radius 2 is 2.33 bits per heavy atom. The van der Waals surface area contributed by atoms with Gasteiger partial charge < -0.3 is 10.0 Å². The van der Waals surface area contributed by atoms with Crippen LogP contribution in [0.1, 0.15) is 23.3 Å². The molecule has 6 heteroatoms. The quantitative estimate of drug-likeness (QED) is 0.735. The largest absolute Gasteiger partial charge is 0.481 e. The highest BCUT2D eigenvalue weighted by molar-refractivity contribution is 5.91. The Labute approximate surface area is 86.9 Å². The molecule has 0 fully saturated rings. The summed E-state index contributed by atoms with van der Waals surface area (Å²) in [7, 11) is 1.63. The topological polar surface area (TPSA) is 86.3 Å². The number of hydrogen-bond donors (Lipinski definition) is 2. The molecule has 1 heterocycles. The molecule has 0 unspecified atom stereocenters. The van der Waals surface area contributed by atoms with Gasteiger partial charge in [0.15, 0.2) is 0 Å². The number of carboxylic acid groups (broad SMARTS) is 1. The van der Waals surface area contributed by atoms with Crippen LogP contribution >= 0.6 is 0 Å². The molecule has 0 aliphatic carbocycles. The maximum absolute atomic E-state index is 11.6. The lowest BCUT2D eigenvalue weighted by atomic mass is 10.3. The van der Waals surface area contributed by atoms with Crippen LogP contribution in [-0.4, -0.2) is 45.7 Å². The molecule has 15 heavy (non-hydrogen) atoms. The van der Waals surface area contributed by atoms with E-state index in [9.17, 15) is 9.59 Å². The van der Waals surface area contributed by atoms with Crippen molar-refractivity contribution in [2.75, 3.05) is 13.6 Å². The number of aliphatic carboxylic acids is 1. The summed E-state index contributed by atoms with van der Waals surface area (Å²) in [5, 5.41) is 14.7. The fourth-order valence-electron chi connectivity index (χ4n) is 1.15. The zero-order valence-electron chi connectivity index (χ0n) is 8.43. The smallest absolute Gasteiger partial charge is 0.303 e. The van der Waals surface area contributed by atoms with Gasteiger partial charge in [-0.2, -0.15) is 5.10 Å². The molecular formula is C9H13N3O3. The summed E-state index contributed by atoms with van der Waals surface area (Å²) in [6, 6.07) is 1.58. The fraction of sp³-hybridized carbons (Fsp3) is 0.444. The summed E-state index contributed by atoms with van der Waals surface area (Å²) in [5.41, 5.74) is 0.410. The average Bonchev–Trinajstić information content (AvgIpc) is 2.68. The van der Waals surface area contributed by atoms with E-state index in [1.54, 1.807) is 13.1 Å². The molecule has 6 nitrogen and oxygen atoms in total. The number of nitrogens with zero attached hydrogens (tertiary/aromatic N) is 2. The highest BCUT2D eigenvalue weighted by Crippen LogP contribution is 2.00. The number of carboxylic acids is 1. The fourth-order valence-corrected chi connectivity index (χ4v) is 1.15. The van der Waals surface area contributed by atoms with Crippen molar-refractivity contribution in [3.63, 3.8) is 0 Å². The molecule has 82 valence electrons. The third kappa shape index (κ3) is 3.41. The van der Waals surface area contributed by atoms with Crippen LogP contribution in [-0.2, 0) is 4.79 Å². The number of H-pyrrole nitrogens is 1. The van der Waals surface area contributed by atoms with Crippen LogP contribution in [0.2, 0.25) is 0 Å². The summed E-state index contributed by atoms with van der Waals surface area (Å²) >= 11 is 0. The standard InChI is InChI=1S/C9H13N3O3/c1-12(6-2-3-8(13)14)9(15)7-4-5-10-11-7/h4-5H,2-3,6H2,1H3,(H,10,11)(H,13,14). The van der Waals surface area contributed by atoms with Crippen LogP contribution in [0.4, 0.5) is 0 Å². The second-order valence-electron chi connectivity index (χ2n) is 3.19. The zero-order valence-corrected chi connectivity index (χ0v) is 8.43. The molecule has 0 saturated heterocycles. The maximum Gasteiger partial charge on any atom is 0.303 e. The summed E-state index contributed by atoms with van der Waals surface area (Å²) in [6.07, 6.45) is 2.02. The lowest BCUT2D eigenvalue weighted by Gasteiger charge is -2.14. The SMILES string of the molecule is CN(CCCC(=O)O)C(=O)c1ccn[nH]1. The monoisotopic (exact) mass is 211 g/mol. The second kappa shape index (κ2) is 5.14. The van der Waals surface area contributed by atoms with Crippen LogP contribution in [0.5, 0.6) is 0 Å². The average molecular weight is 211 g/mol. The van der Waals surface area contributed by atoms with Gasteiger partial charge in [0.25, 0.3) is 5.91 Å². The minimum atomic E-state index is -0.850. The summed E-state index contributed by atoms with van der Waals surface area (Å²) in [6.45, 7) is 0.421. The van der Waals surface area contributed by atoms with Crippen molar-refractivity contribution in [2.45, 2.75) is 12.8 Å². The number of carbonyl (C=O) groups excluding carboxylic acids is 1. The predicted octanol–water partition coefficient (Wildman–Crippen LogP) is 0.346. The number of amides is 1. The van der Waals surface area contributed by atoms with Crippen LogP contribution in [0, 0.1) is 0 Å². The predicted molar refractivity (Wildman–Crippen MR) is 52.4 cm³/mol. The van der Waals surface area contributed by atoms with Gasteiger partial charge in [-0.05, 0) is 12.5 Å². The molecule has 0 spiro atoms. The lowest BCUT2D eigenvalue weighted by molar-refractivity contribution is -0.137. The van der Waals surface area contributed by atoms with Gasteiger partial charge in [-0.3, -0.25) is 14.7 Å². The van der Waals surface area contributed by atoms with Gasteiger partial charge in [0, 0.05) is 26.2 Å². The van der Waals surface area contributed by atoms with Gasteiger partial charge in [-0.25, -0.2) is 0 Å². The van der Waals surface area contributed by atoms with E-state index in [1.807, 2.05) is 0 Å². The molecule has 0 aromatic carbocycles. The van der Waals surface area contributed by atoms with Gasteiger partial charge in [-0.15, -0.1) is 0 Å². The summed E-state index contributed by atoms with van der Waals surface area (Å²) < 4.78 is 0. The second-order valence-corrected chi connectivity index (χ2v) is 3.19. The minimum absolute atomic E-state index is 0.0700. The van der Waals surface area contributed by atoms with Crippen LogP contribution in [0.3, 0.4) is 0 Å². The van der Waals surface area contributed by atoms with Crippen molar-refractivity contribution in [2.24, 2.45) is 0 Å². The molecule has 0 radical (unpaired) electrons. The number of nitrogens with one attached hydrogen (secondary N) is 1. The highest BCUT2D eigenvalue weighted by Gasteiger charge is 2.12. The molecular weight excluding hydrogens is 198 g/mol. The minimum Gasteiger partial charge on any atom is -0.481 e. The Kier molecular flexibility index (Phi) is 3.84. The molecule has 0 aliphatic heterocycles. The number of aromatic nitrogens is 2. The van der Waals surface area contributed by atoms with Crippen molar-refractivity contribution in [3.8, 4) is 0 Å². The van der Waals surface area contributed by atoms with E-state index >= 15 is 0 Å². The first-order valence-corrected chi connectivity index (χ1v) is 4.58. The van der Waals surface area contributed by atoms with E-state index in [0.717, 1.165) is 0 Å². The maximum atomic E-state index is 11.6. The molecule has 1 amide bonds. The number of carbonyl (C=O) groups is 2.